The van der Waals surface area contributed by atoms with Crippen LogP contribution in [0.15, 0.2) is 53.4 Å². The molecule has 0 unspecified atom stereocenters. The van der Waals surface area contributed by atoms with Crippen molar-refractivity contribution in [1.29, 1.82) is 0 Å². The Morgan fingerprint density at radius 1 is 0.931 bits per heavy atom. The number of hydrogen-bond donors (Lipinski definition) is 2. The molecule has 0 bridgehead atoms. The first-order valence-electron chi connectivity index (χ1n) is 9.52. The molecule has 0 saturated heterocycles. The average Bonchev–Trinajstić information content (AvgIpc) is 2.74. The molecule has 8 heteroatoms. The van der Waals surface area contributed by atoms with Crippen molar-refractivity contribution in [2.24, 2.45) is 0 Å². The number of hydrogen-bond acceptors (Lipinski definition) is 5. The minimum atomic E-state index is -3.60. The maximum absolute atomic E-state index is 12.6. The van der Waals surface area contributed by atoms with Crippen molar-refractivity contribution in [3.05, 3.63) is 59.7 Å². The van der Waals surface area contributed by atoms with E-state index in [1.165, 1.54) is 43.5 Å². The van der Waals surface area contributed by atoms with E-state index in [4.69, 9.17) is 4.74 Å². The fourth-order valence-corrected chi connectivity index (χ4v) is 4.70. The van der Waals surface area contributed by atoms with E-state index in [1.807, 2.05) is 0 Å². The molecule has 7 nitrogen and oxygen atoms in total. The second-order valence-corrected chi connectivity index (χ2v) is 8.69. The Morgan fingerprint density at radius 3 is 2.17 bits per heavy atom. The van der Waals surface area contributed by atoms with Crippen LogP contribution in [-0.4, -0.2) is 33.4 Å². The Bertz CT molecular complexity index is 980. The average molecular weight is 416 g/mol. The zero-order valence-electron chi connectivity index (χ0n) is 16.2. The summed E-state index contributed by atoms with van der Waals surface area (Å²) >= 11 is 0. The number of esters is 1. The molecule has 0 aliphatic heterocycles. The number of benzene rings is 2. The molecule has 0 aromatic heterocycles. The number of anilines is 1. The molecule has 1 aliphatic rings. The van der Waals surface area contributed by atoms with Crippen LogP contribution in [0.2, 0.25) is 0 Å². The van der Waals surface area contributed by atoms with Gasteiger partial charge in [-0.25, -0.2) is 17.9 Å². The van der Waals surface area contributed by atoms with E-state index in [9.17, 15) is 18.0 Å². The number of nitrogens with one attached hydrogen (secondary N) is 2. The number of carbonyl (C=O) groups excluding carboxylic acids is 2. The van der Waals surface area contributed by atoms with E-state index < -0.39 is 21.9 Å². The van der Waals surface area contributed by atoms with E-state index in [0.717, 1.165) is 32.1 Å². The SMILES string of the molecule is COC(=O)c1ccccc1C(=O)Nc1ccc(S(=O)(=O)NC2CCCCC2)cc1. The molecule has 1 saturated carbocycles. The molecule has 29 heavy (non-hydrogen) atoms. The van der Waals surface area contributed by atoms with Gasteiger partial charge in [-0.3, -0.25) is 4.79 Å². The van der Waals surface area contributed by atoms with Gasteiger partial charge in [-0.2, -0.15) is 0 Å². The maximum Gasteiger partial charge on any atom is 0.338 e. The number of methoxy groups -OCH3 is 1. The lowest BCUT2D eigenvalue weighted by atomic mass is 9.96. The van der Waals surface area contributed by atoms with Gasteiger partial charge in [-0.15, -0.1) is 0 Å². The van der Waals surface area contributed by atoms with Crippen LogP contribution in [0, 0.1) is 0 Å². The number of rotatable bonds is 6. The number of sulfonamides is 1. The van der Waals surface area contributed by atoms with Gasteiger partial charge in [0.15, 0.2) is 0 Å². The summed E-state index contributed by atoms with van der Waals surface area (Å²) in [5, 5.41) is 2.68. The van der Waals surface area contributed by atoms with Crippen molar-refractivity contribution in [2.45, 2.75) is 43.0 Å². The van der Waals surface area contributed by atoms with E-state index in [2.05, 4.69) is 10.0 Å². The lowest BCUT2D eigenvalue weighted by molar-refractivity contribution is 0.0597. The van der Waals surface area contributed by atoms with Gasteiger partial charge in [0.1, 0.15) is 0 Å². The zero-order valence-corrected chi connectivity index (χ0v) is 17.0. The lowest BCUT2D eigenvalue weighted by Crippen LogP contribution is -2.36. The van der Waals surface area contributed by atoms with Crippen LogP contribution >= 0.6 is 0 Å². The molecule has 2 aromatic rings. The van der Waals surface area contributed by atoms with Crippen molar-refractivity contribution in [3.63, 3.8) is 0 Å². The number of carbonyl (C=O) groups is 2. The third kappa shape index (κ3) is 5.21. The summed E-state index contributed by atoms with van der Waals surface area (Å²) in [5.41, 5.74) is 0.754. The minimum absolute atomic E-state index is 0.0250. The topological polar surface area (TPSA) is 102 Å². The van der Waals surface area contributed by atoms with Crippen LogP contribution in [0.4, 0.5) is 5.69 Å². The van der Waals surface area contributed by atoms with Crippen molar-refractivity contribution >= 4 is 27.6 Å². The van der Waals surface area contributed by atoms with Gasteiger partial charge in [-0.1, -0.05) is 31.4 Å². The molecule has 0 atom stereocenters. The Hall–Kier alpha value is -2.71. The van der Waals surface area contributed by atoms with Crippen LogP contribution in [0.25, 0.3) is 0 Å². The molecule has 2 N–H and O–H groups in total. The van der Waals surface area contributed by atoms with Crippen LogP contribution in [0.3, 0.4) is 0 Å². The van der Waals surface area contributed by atoms with Gasteiger partial charge in [0.25, 0.3) is 5.91 Å². The van der Waals surface area contributed by atoms with Gasteiger partial charge in [0, 0.05) is 11.7 Å². The number of ether oxygens (including phenoxy) is 1. The monoisotopic (exact) mass is 416 g/mol. The molecule has 2 aromatic carbocycles. The summed E-state index contributed by atoms with van der Waals surface area (Å²) in [7, 11) is -2.35. The maximum atomic E-state index is 12.6. The molecular weight excluding hydrogens is 392 g/mol. The molecule has 1 aliphatic carbocycles. The van der Waals surface area contributed by atoms with Gasteiger partial charge in [0.05, 0.1) is 23.1 Å². The highest BCUT2D eigenvalue weighted by Crippen LogP contribution is 2.21. The fraction of sp³-hybridized carbons (Fsp3) is 0.333. The Balaban J connectivity index is 1.71. The summed E-state index contributed by atoms with van der Waals surface area (Å²) in [5.74, 6) is -1.09. The molecule has 154 valence electrons. The number of amides is 1. The van der Waals surface area contributed by atoms with Crippen molar-refractivity contribution < 1.29 is 22.7 Å². The quantitative estimate of drug-likeness (QED) is 0.704. The highest BCUT2D eigenvalue weighted by atomic mass is 32.2. The van der Waals surface area contributed by atoms with E-state index >= 15 is 0 Å². The van der Waals surface area contributed by atoms with Gasteiger partial charge >= 0.3 is 5.97 Å². The highest BCUT2D eigenvalue weighted by Gasteiger charge is 2.22. The van der Waals surface area contributed by atoms with Crippen LogP contribution in [0.1, 0.15) is 52.8 Å². The van der Waals surface area contributed by atoms with Crippen molar-refractivity contribution in [2.75, 3.05) is 12.4 Å². The van der Waals surface area contributed by atoms with E-state index in [-0.39, 0.29) is 22.1 Å². The first kappa shape index (κ1) is 21.0. The van der Waals surface area contributed by atoms with E-state index in [0.29, 0.717) is 5.69 Å². The second kappa shape index (κ2) is 9.19. The smallest absolute Gasteiger partial charge is 0.338 e. The van der Waals surface area contributed by atoms with E-state index in [1.54, 1.807) is 12.1 Å². The molecule has 0 heterocycles. The van der Waals surface area contributed by atoms with Gasteiger partial charge < -0.3 is 10.1 Å². The summed E-state index contributed by atoms with van der Waals surface area (Å²) in [6, 6.07) is 12.2. The minimum Gasteiger partial charge on any atom is -0.465 e. The molecule has 0 radical (unpaired) electrons. The largest absolute Gasteiger partial charge is 0.465 e. The van der Waals surface area contributed by atoms with Gasteiger partial charge in [0.2, 0.25) is 10.0 Å². The third-order valence-corrected chi connectivity index (χ3v) is 6.46. The molecule has 1 amide bonds. The normalized spacial score (nSPS) is 14.9. The summed E-state index contributed by atoms with van der Waals surface area (Å²) in [6.07, 6.45) is 4.92. The van der Waals surface area contributed by atoms with Crippen molar-refractivity contribution in [1.82, 2.24) is 4.72 Å². The predicted molar refractivity (Wildman–Crippen MR) is 109 cm³/mol. The molecule has 0 spiro atoms. The highest BCUT2D eigenvalue weighted by molar-refractivity contribution is 7.89. The van der Waals surface area contributed by atoms with Gasteiger partial charge in [-0.05, 0) is 49.2 Å². The van der Waals surface area contributed by atoms with Crippen LogP contribution in [0.5, 0.6) is 0 Å². The van der Waals surface area contributed by atoms with Crippen molar-refractivity contribution in [3.8, 4) is 0 Å². The summed E-state index contributed by atoms with van der Waals surface area (Å²) in [6.45, 7) is 0. The first-order chi connectivity index (χ1) is 13.9. The zero-order chi connectivity index (χ0) is 20.9. The Labute approximate surface area is 170 Å². The molecule has 3 rings (SSSR count). The second-order valence-electron chi connectivity index (χ2n) is 6.97. The third-order valence-electron chi connectivity index (χ3n) is 4.93. The summed E-state index contributed by atoms with van der Waals surface area (Å²) in [4.78, 5) is 24.5. The Kier molecular flexibility index (Phi) is 6.66. The standard InChI is InChI=1S/C21H24N2O5S/c1-28-21(25)19-10-6-5-9-18(19)20(24)22-15-11-13-17(14-12-15)29(26,27)23-16-7-3-2-4-8-16/h5-6,9-14,16,23H,2-4,7-8H2,1H3,(H,22,24). The first-order valence-corrected chi connectivity index (χ1v) is 11.0. The molecule has 1 fully saturated rings. The lowest BCUT2D eigenvalue weighted by Gasteiger charge is -2.22. The van der Waals surface area contributed by atoms with Crippen LogP contribution in [-0.2, 0) is 14.8 Å². The van der Waals surface area contributed by atoms with Crippen LogP contribution < -0.4 is 10.0 Å². The summed E-state index contributed by atoms with van der Waals surface area (Å²) < 4.78 is 32.6. The molecular formula is C21H24N2O5S. The fourth-order valence-electron chi connectivity index (χ4n) is 3.39. The predicted octanol–water partition coefficient (Wildman–Crippen LogP) is 3.34. The Morgan fingerprint density at radius 2 is 1.55 bits per heavy atom.